The van der Waals surface area contributed by atoms with Crippen molar-refractivity contribution in [3.63, 3.8) is 0 Å². The van der Waals surface area contributed by atoms with Crippen molar-refractivity contribution in [1.82, 2.24) is 5.32 Å². The van der Waals surface area contributed by atoms with Crippen LogP contribution in [0.15, 0.2) is 36.4 Å². The largest absolute Gasteiger partial charge is 0.492 e. The van der Waals surface area contributed by atoms with E-state index in [0.717, 1.165) is 29.7 Å². The minimum absolute atomic E-state index is 0.235. The number of benzene rings is 2. The number of hydrogen-bond acceptors (Lipinski definition) is 5. The van der Waals surface area contributed by atoms with Crippen molar-refractivity contribution in [1.29, 1.82) is 0 Å². The molecule has 0 radical (unpaired) electrons. The van der Waals surface area contributed by atoms with E-state index in [4.69, 9.17) is 4.74 Å². The number of nitrogens with one attached hydrogen (secondary N) is 3. The number of hydrogen-bond donors (Lipinski definition) is 3. The molecule has 3 N–H and O–H groups in total. The molecule has 2 aromatic carbocycles. The zero-order valence-electron chi connectivity index (χ0n) is 17.5. The Kier molecular flexibility index (Phi) is 7.64. The maximum atomic E-state index is 12.7. The average molecular weight is 420 g/mol. The molecule has 8 heteroatoms. The third-order valence-electron chi connectivity index (χ3n) is 4.09. The topological polar surface area (TPSA) is 96.5 Å². The highest BCUT2D eigenvalue weighted by atomic mass is 32.2. The van der Waals surface area contributed by atoms with E-state index in [9.17, 15) is 13.2 Å². The smallest absolute Gasteiger partial charge is 0.257 e. The zero-order chi connectivity index (χ0) is 21.6. The lowest BCUT2D eigenvalue weighted by molar-refractivity contribution is 0.102. The highest BCUT2D eigenvalue weighted by molar-refractivity contribution is 7.92. The summed E-state index contributed by atoms with van der Waals surface area (Å²) >= 11 is 0. The first kappa shape index (κ1) is 22.7. The second-order valence-electron chi connectivity index (χ2n) is 7.27. The Labute approximate surface area is 172 Å². The molecule has 0 aromatic heterocycles. The van der Waals surface area contributed by atoms with E-state index in [-0.39, 0.29) is 11.3 Å². The SMILES string of the molecule is Cc1cc(NC(=O)c2ccccc2NS(C)(=O)=O)cc(C)c1OCCNC(C)C. The summed E-state index contributed by atoms with van der Waals surface area (Å²) in [6.07, 6.45) is 1.05. The van der Waals surface area contributed by atoms with Gasteiger partial charge in [-0.25, -0.2) is 8.42 Å². The number of ether oxygens (including phenoxy) is 1. The standard InChI is InChI=1S/C21H29N3O4S/c1-14(2)22-10-11-28-20-15(3)12-17(13-16(20)4)23-21(25)18-8-6-7-9-19(18)24-29(5,26)27/h6-9,12-14,22,24H,10-11H2,1-5H3,(H,23,25). The quantitative estimate of drug-likeness (QED) is 0.542. The van der Waals surface area contributed by atoms with Crippen LogP contribution in [0.5, 0.6) is 5.75 Å². The first-order chi connectivity index (χ1) is 13.6. The fourth-order valence-corrected chi connectivity index (χ4v) is 3.50. The van der Waals surface area contributed by atoms with Crippen LogP contribution >= 0.6 is 0 Å². The van der Waals surface area contributed by atoms with Crippen LogP contribution in [0, 0.1) is 13.8 Å². The summed E-state index contributed by atoms with van der Waals surface area (Å²) in [7, 11) is -3.49. The molecule has 0 bridgehead atoms. The monoisotopic (exact) mass is 419 g/mol. The van der Waals surface area contributed by atoms with Gasteiger partial charge in [-0.1, -0.05) is 26.0 Å². The summed E-state index contributed by atoms with van der Waals surface area (Å²) in [5.41, 5.74) is 2.92. The van der Waals surface area contributed by atoms with E-state index >= 15 is 0 Å². The molecule has 0 heterocycles. The van der Waals surface area contributed by atoms with Crippen molar-refractivity contribution in [2.75, 3.05) is 29.4 Å². The molecule has 29 heavy (non-hydrogen) atoms. The number of carbonyl (C=O) groups excluding carboxylic acids is 1. The fourth-order valence-electron chi connectivity index (χ4n) is 2.92. The van der Waals surface area contributed by atoms with Gasteiger partial charge in [0.1, 0.15) is 12.4 Å². The summed E-state index contributed by atoms with van der Waals surface area (Å²) in [6.45, 7) is 9.31. The predicted molar refractivity (Wildman–Crippen MR) is 117 cm³/mol. The lowest BCUT2D eigenvalue weighted by Crippen LogP contribution is -2.27. The van der Waals surface area contributed by atoms with Gasteiger partial charge in [-0.15, -0.1) is 0 Å². The van der Waals surface area contributed by atoms with E-state index in [1.165, 1.54) is 0 Å². The molecule has 0 aliphatic carbocycles. The maximum Gasteiger partial charge on any atom is 0.257 e. The van der Waals surface area contributed by atoms with Gasteiger partial charge in [0.25, 0.3) is 5.91 Å². The summed E-state index contributed by atoms with van der Waals surface area (Å²) < 4.78 is 31.3. The van der Waals surface area contributed by atoms with Crippen LogP contribution in [0.2, 0.25) is 0 Å². The highest BCUT2D eigenvalue weighted by Gasteiger charge is 2.15. The van der Waals surface area contributed by atoms with Crippen molar-refractivity contribution < 1.29 is 17.9 Å². The Morgan fingerprint density at radius 3 is 2.31 bits per heavy atom. The predicted octanol–water partition coefficient (Wildman–Crippen LogP) is 3.30. The molecule has 158 valence electrons. The minimum Gasteiger partial charge on any atom is -0.492 e. The summed E-state index contributed by atoms with van der Waals surface area (Å²) in [6, 6.07) is 10.5. The van der Waals surface area contributed by atoms with Gasteiger partial charge in [-0.3, -0.25) is 9.52 Å². The van der Waals surface area contributed by atoms with Crippen molar-refractivity contribution in [3.05, 3.63) is 53.1 Å². The zero-order valence-corrected chi connectivity index (χ0v) is 18.3. The molecule has 2 aromatic rings. The number of anilines is 2. The first-order valence-corrected chi connectivity index (χ1v) is 11.3. The number of para-hydroxylation sites is 1. The molecule has 0 unspecified atom stereocenters. The second-order valence-corrected chi connectivity index (χ2v) is 9.02. The number of amides is 1. The molecule has 0 aliphatic rings. The van der Waals surface area contributed by atoms with Gasteiger partial charge in [0, 0.05) is 18.3 Å². The van der Waals surface area contributed by atoms with Crippen molar-refractivity contribution in [3.8, 4) is 5.75 Å². The van der Waals surface area contributed by atoms with Gasteiger partial charge in [0.2, 0.25) is 10.0 Å². The molecule has 0 aliphatic heterocycles. The van der Waals surface area contributed by atoms with Gasteiger partial charge in [-0.05, 0) is 49.2 Å². The van der Waals surface area contributed by atoms with Crippen LogP contribution in [-0.2, 0) is 10.0 Å². The fraction of sp³-hybridized carbons (Fsp3) is 0.381. The molecular formula is C21H29N3O4S. The lowest BCUT2D eigenvalue weighted by Gasteiger charge is -2.16. The van der Waals surface area contributed by atoms with Crippen LogP contribution in [0.1, 0.15) is 35.3 Å². The van der Waals surface area contributed by atoms with Crippen molar-refractivity contribution in [2.24, 2.45) is 0 Å². The van der Waals surface area contributed by atoms with Crippen molar-refractivity contribution >= 4 is 27.3 Å². The van der Waals surface area contributed by atoms with E-state index in [0.29, 0.717) is 18.3 Å². The van der Waals surface area contributed by atoms with Crippen LogP contribution < -0.4 is 20.1 Å². The van der Waals surface area contributed by atoms with Crippen LogP contribution in [0.3, 0.4) is 0 Å². The molecule has 7 nitrogen and oxygen atoms in total. The third-order valence-corrected chi connectivity index (χ3v) is 4.68. The van der Waals surface area contributed by atoms with Crippen LogP contribution in [0.25, 0.3) is 0 Å². The summed E-state index contributed by atoms with van der Waals surface area (Å²) in [5.74, 6) is 0.401. The highest BCUT2D eigenvalue weighted by Crippen LogP contribution is 2.28. The maximum absolute atomic E-state index is 12.7. The molecule has 0 atom stereocenters. The molecular weight excluding hydrogens is 390 g/mol. The summed E-state index contributed by atoms with van der Waals surface area (Å²) in [4.78, 5) is 12.7. The van der Waals surface area contributed by atoms with E-state index in [1.54, 1.807) is 24.3 Å². The molecule has 0 saturated carbocycles. The van der Waals surface area contributed by atoms with Gasteiger partial charge < -0.3 is 15.4 Å². The first-order valence-electron chi connectivity index (χ1n) is 9.42. The molecule has 0 fully saturated rings. The van der Waals surface area contributed by atoms with E-state index < -0.39 is 15.9 Å². The van der Waals surface area contributed by atoms with Crippen LogP contribution in [0.4, 0.5) is 11.4 Å². The molecule has 2 rings (SSSR count). The van der Waals surface area contributed by atoms with Gasteiger partial charge in [-0.2, -0.15) is 0 Å². The number of aryl methyl sites for hydroxylation is 2. The average Bonchev–Trinajstić information content (AvgIpc) is 2.59. The Bertz CT molecular complexity index is 949. The van der Waals surface area contributed by atoms with Crippen molar-refractivity contribution in [2.45, 2.75) is 33.7 Å². The number of sulfonamides is 1. The number of rotatable bonds is 9. The Hall–Kier alpha value is -2.58. The second kappa shape index (κ2) is 9.76. The Balaban J connectivity index is 2.14. The lowest BCUT2D eigenvalue weighted by atomic mass is 10.1. The molecule has 0 spiro atoms. The molecule has 0 saturated heterocycles. The Morgan fingerprint density at radius 2 is 1.72 bits per heavy atom. The number of carbonyl (C=O) groups is 1. The van der Waals surface area contributed by atoms with Gasteiger partial charge in [0.15, 0.2) is 0 Å². The van der Waals surface area contributed by atoms with E-state index in [1.807, 2.05) is 26.0 Å². The normalized spacial score (nSPS) is 11.4. The van der Waals surface area contributed by atoms with E-state index in [2.05, 4.69) is 29.2 Å². The van der Waals surface area contributed by atoms with Gasteiger partial charge >= 0.3 is 0 Å². The minimum atomic E-state index is -3.49. The van der Waals surface area contributed by atoms with Gasteiger partial charge in [0.05, 0.1) is 17.5 Å². The Morgan fingerprint density at radius 1 is 1.10 bits per heavy atom. The summed E-state index contributed by atoms with van der Waals surface area (Å²) in [5, 5.41) is 6.13. The third kappa shape index (κ3) is 7.07. The molecule has 1 amide bonds. The van der Waals surface area contributed by atoms with Crippen LogP contribution in [-0.4, -0.2) is 39.8 Å².